The molecule has 0 amide bonds. The van der Waals surface area contributed by atoms with Crippen LogP contribution in [0, 0.1) is 5.92 Å². The van der Waals surface area contributed by atoms with E-state index in [-0.39, 0.29) is 11.5 Å². The highest BCUT2D eigenvalue weighted by atomic mass is 16.7. The monoisotopic (exact) mass is 285 g/mol. The molecule has 0 atom stereocenters. The van der Waals surface area contributed by atoms with Gasteiger partial charge in [0.1, 0.15) is 0 Å². The largest absolute Gasteiger partial charge is 0.419 e. The third-order valence-corrected chi connectivity index (χ3v) is 2.64. The molecule has 1 aliphatic rings. The summed E-state index contributed by atoms with van der Waals surface area (Å²) in [4.78, 5) is 24.0. The number of carbonyl (C=O) groups is 2. The molecule has 0 aromatic carbocycles. The summed E-state index contributed by atoms with van der Waals surface area (Å²) in [7, 11) is 1.59. The van der Waals surface area contributed by atoms with Gasteiger partial charge in [-0.3, -0.25) is 0 Å². The minimum Gasteiger partial charge on any atom is -0.419 e. The van der Waals surface area contributed by atoms with E-state index in [4.69, 9.17) is 14.2 Å². The number of allylic oxidation sites excluding steroid dienone is 1. The topological polar surface area (TPSA) is 73.9 Å². The Hall–Kier alpha value is -1.56. The van der Waals surface area contributed by atoms with Crippen LogP contribution in [0.2, 0.25) is 0 Å². The molecule has 114 valence electrons. The molecule has 0 bridgehead atoms. The first-order valence-electron chi connectivity index (χ1n) is 6.69. The summed E-state index contributed by atoms with van der Waals surface area (Å²) < 4.78 is 15.2. The van der Waals surface area contributed by atoms with Crippen LogP contribution < -0.4 is 5.32 Å². The van der Waals surface area contributed by atoms with Crippen LogP contribution in [0.3, 0.4) is 0 Å². The Balaban J connectivity index is 2.99. The van der Waals surface area contributed by atoms with Crippen LogP contribution in [-0.2, 0) is 23.8 Å². The van der Waals surface area contributed by atoms with E-state index in [0.717, 1.165) is 0 Å². The highest BCUT2D eigenvalue weighted by Gasteiger charge is 2.40. The van der Waals surface area contributed by atoms with Gasteiger partial charge in [0, 0.05) is 33.2 Å². The van der Waals surface area contributed by atoms with Gasteiger partial charge in [0.05, 0.1) is 6.61 Å². The smallest absolute Gasteiger partial charge is 0.350 e. The van der Waals surface area contributed by atoms with Crippen molar-refractivity contribution in [3.05, 3.63) is 11.3 Å². The lowest BCUT2D eigenvalue weighted by Gasteiger charge is -2.31. The Morgan fingerprint density at radius 2 is 1.80 bits per heavy atom. The van der Waals surface area contributed by atoms with Crippen LogP contribution in [0.15, 0.2) is 11.3 Å². The van der Waals surface area contributed by atoms with Crippen molar-refractivity contribution >= 4 is 11.9 Å². The minimum absolute atomic E-state index is 0.0471. The fraction of sp³-hybridized carbons (Fsp3) is 0.714. The third-order valence-electron chi connectivity index (χ3n) is 2.64. The average molecular weight is 285 g/mol. The van der Waals surface area contributed by atoms with Crippen molar-refractivity contribution in [2.24, 2.45) is 5.92 Å². The molecule has 1 N–H and O–H groups in total. The Morgan fingerprint density at radius 1 is 1.25 bits per heavy atom. The highest BCUT2D eigenvalue weighted by molar-refractivity contribution is 6.16. The summed E-state index contributed by atoms with van der Waals surface area (Å²) in [6, 6.07) is 0. The first-order chi connectivity index (χ1) is 9.26. The Labute approximate surface area is 119 Å². The summed E-state index contributed by atoms with van der Waals surface area (Å²) in [6.45, 7) is 8.04. The van der Waals surface area contributed by atoms with E-state index in [2.05, 4.69) is 5.32 Å². The van der Waals surface area contributed by atoms with E-state index in [9.17, 15) is 9.59 Å². The molecular weight excluding hydrogens is 262 g/mol. The van der Waals surface area contributed by atoms with Crippen LogP contribution in [0.25, 0.3) is 0 Å². The predicted molar refractivity (Wildman–Crippen MR) is 72.6 cm³/mol. The van der Waals surface area contributed by atoms with Crippen molar-refractivity contribution < 1.29 is 23.8 Å². The lowest BCUT2D eigenvalue weighted by atomic mass is 10.0. The molecule has 1 heterocycles. The van der Waals surface area contributed by atoms with Crippen LogP contribution in [-0.4, -0.2) is 38.0 Å². The van der Waals surface area contributed by atoms with Crippen LogP contribution in [0.5, 0.6) is 0 Å². The van der Waals surface area contributed by atoms with E-state index < -0.39 is 17.7 Å². The molecule has 0 aromatic heterocycles. The second-order valence-electron chi connectivity index (χ2n) is 5.55. The first kappa shape index (κ1) is 16.5. The predicted octanol–water partition coefficient (Wildman–Crippen LogP) is 1.36. The fourth-order valence-corrected chi connectivity index (χ4v) is 1.87. The number of methoxy groups -OCH3 is 1. The Kier molecular flexibility index (Phi) is 5.56. The maximum atomic E-state index is 12.0. The molecule has 1 rings (SSSR count). The molecule has 6 heteroatoms. The maximum Gasteiger partial charge on any atom is 0.350 e. The Morgan fingerprint density at radius 3 is 2.25 bits per heavy atom. The van der Waals surface area contributed by atoms with Gasteiger partial charge in [-0.05, 0) is 12.3 Å². The zero-order valence-corrected chi connectivity index (χ0v) is 12.7. The number of hydrogen-bond donors (Lipinski definition) is 1. The molecule has 0 unspecified atom stereocenters. The molecule has 1 fully saturated rings. The van der Waals surface area contributed by atoms with Gasteiger partial charge in [-0.25, -0.2) is 9.59 Å². The summed E-state index contributed by atoms with van der Waals surface area (Å²) >= 11 is 0. The summed E-state index contributed by atoms with van der Waals surface area (Å²) in [5.41, 5.74) is 0.497. The molecule has 0 aromatic rings. The number of nitrogens with one attached hydrogen (secondary N) is 1. The van der Waals surface area contributed by atoms with Gasteiger partial charge in [-0.2, -0.15) is 0 Å². The Bertz CT molecular complexity index is 390. The number of esters is 2. The summed E-state index contributed by atoms with van der Waals surface area (Å²) in [6.07, 6.45) is 0.559. The van der Waals surface area contributed by atoms with Crippen LogP contribution >= 0.6 is 0 Å². The second kappa shape index (κ2) is 6.74. The van der Waals surface area contributed by atoms with Gasteiger partial charge in [-0.15, -0.1) is 0 Å². The van der Waals surface area contributed by atoms with Crippen molar-refractivity contribution in [2.45, 2.75) is 39.9 Å². The molecule has 0 spiro atoms. The third kappa shape index (κ3) is 4.52. The van der Waals surface area contributed by atoms with Crippen molar-refractivity contribution in [2.75, 3.05) is 20.3 Å². The lowest BCUT2D eigenvalue weighted by molar-refractivity contribution is -0.222. The quantitative estimate of drug-likeness (QED) is 0.344. The highest BCUT2D eigenvalue weighted by Crippen LogP contribution is 2.26. The fourth-order valence-electron chi connectivity index (χ4n) is 1.87. The van der Waals surface area contributed by atoms with Gasteiger partial charge in [0.25, 0.3) is 5.79 Å². The zero-order chi connectivity index (χ0) is 15.3. The average Bonchev–Trinajstić information content (AvgIpc) is 2.25. The number of cyclic esters (lactones) is 2. The van der Waals surface area contributed by atoms with Gasteiger partial charge in [0.15, 0.2) is 5.57 Å². The van der Waals surface area contributed by atoms with E-state index in [1.165, 1.54) is 13.8 Å². The molecule has 0 aliphatic carbocycles. The second-order valence-corrected chi connectivity index (χ2v) is 5.55. The van der Waals surface area contributed by atoms with Gasteiger partial charge in [-0.1, -0.05) is 13.8 Å². The van der Waals surface area contributed by atoms with Gasteiger partial charge >= 0.3 is 11.9 Å². The normalized spacial score (nSPS) is 17.8. The number of rotatable bonds is 6. The lowest BCUT2D eigenvalue weighted by Crippen LogP contribution is -2.43. The van der Waals surface area contributed by atoms with Crippen molar-refractivity contribution in [1.82, 2.24) is 5.32 Å². The van der Waals surface area contributed by atoms with E-state index in [1.54, 1.807) is 7.11 Å². The van der Waals surface area contributed by atoms with E-state index in [1.807, 2.05) is 13.8 Å². The standard InChI is InChI=1S/C14H23NO5/c1-9(2)8-10(15-6-7-18-5)11-12(16)19-14(3,4)20-13(11)17/h9,15H,6-8H2,1-5H3. The van der Waals surface area contributed by atoms with Crippen molar-refractivity contribution in [3.63, 3.8) is 0 Å². The SMILES string of the molecule is COCCNC(CC(C)C)=C1C(=O)OC(C)(C)OC1=O. The summed E-state index contributed by atoms with van der Waals surface area (Å²) in [5.74, 6) is -2.23. The zero-order valence-electron chi connectivity index (χ0n) is 12.7. The van der Waals surface area contributed by atoms with Gasteiger partial charge < -0.3 is 19.5 Å². The maximum absolute atomic E-state index is 12.0. The number of hydrogen-bond acceptors (Lipinski definition) is 6. The first-order valence-corrected chi connectivity index (χ1v) is 6.69. The molecule has 1 aliphatic heterocycles. The number of ether oxygens (including phenoxy) is 3. The van der Waals surface area contributed by atoms with Crippen LogP contribution in [0.1, 0.15) is 34.1 Å². The summed E-state index contributed by atoms with van der Waals surface area (Å²) in [5, 5.41) is 3.06. The number of carbonyl (C=O) groups excluding carboxylic acids is 2. The van der Waals surface area contributed by atoms with E-state index >= 15 is 0 Å². The van der Waals surface area contributed by atoms with E-state index in [0.29, 0.717) is 25.3 Å². The molecule has 0 radical (unpaired) electrons. The van der Waals surface area contributed by atoms with Crippen molar-refractivity contribution in [1.29, 1.82) is 0 Å². The molecule has 1 saturated heterocycles. The molecule has 6 nitrogen and oxygen atoms in total. The molecule has 20 heavy (non-hydrogen) atoms. The van der Waals surface area contributed by atoms with Gasteiger partial charge in [0.2, 0.25) is 0 Å². The molecule has 0 saturated carbocycles. The molecular formula is C14H23NO5. The minimum atomic E-state index is -1.22. The van der Waals surface area contributed by atoms with Crippen LogP contribution in [0.4, 0.5) is 0 Å². The van der Waals surface area contributed by atoms with Crippen molar-refractivity contribution in [3.8, 4) is 0 Å².